The number of hydrogen-bond acceptors (Lipinski definition) is 5. The van der Waals surface area contributed by atoms with Crippen LogP contribution in [0.15, 0.2) is 42.6 Å². The molecule has 0 spiro atoms. The predicted octanol–water partition coefficient (Wildman–Crippen LogP) is 3.12. The van der Waals surface area contributed by atoms with Gasteiger partial charge in [0.15, 0.2) is 23.1 Å². The average Bonchev–Trinajstić information content (AvgIpc) is 2.56. The summed E-state index contributed by atoms with van der Waals surface area (Å²) >= 11 is 0. The third-order valence-electron chi connectivity index (χ3n) is 3.38. The van der Waals surface area contributed by atoms with Crippen molar-refractivity contribution in [3.05, 3.63) is 48.4 Å². The summed E-state index contributed by atoms with van der Waals surface area (Å²) in [7, 11) is 3.09. The Morgan fingerprint density at radius 2 is 1.62 bits per heavy atom. The first-order valence-corrected chi connectivity index (χ1v) is 6.86. The zero-order valence-electron chi connectivity index (χ0n) is 12.7. The fourth-order valence-corrected chi connectivity index (χ4v) is 2.25. The number of nitrogens with zero attached hydrogens (tertiary/aromatic N) is 1. The number of nitrogen functional groups attached to an aromatic ring is 1. The van der Waals surface area contributed by atoms with Gasteiger partial charge in [-0.2, -0.15) is 0 Å². The Morgan fingerprint density at radius 3 is 2.29 bits per heavy atom. The summed E-state index contributed by atoms with van der Waals surface area (Å²) in [6.45, 7) is 0. The molecule has 0 bridgehead atoms. The van der Waals surface area contributed by atoms with E-state index in [1.165, 1.54) is 12.1 Å². The van der Waals surface area contributed by atoms with Gasteiger partial charge in [0.05, 0.1) is 19.7 Å². The van der Waals surface area contributed by atoms with Crippen molar-refractivity contribution < 1.29 is 18.6 Å². The Labute approximate surface area is 160 Å². The minimum atomic E-state index is -0.532. The number of rotatable bonds is 4. The van der Waals surface area contributed by atoms with Gasteiger partial charge in [0, 0.05) is 29.4 Å². The molecular formula is C17H16FN2NaO3. The van der Waals surface area contributed by atoms with E-state index in [1.807, 2.05) is 0 Å². The van der Waals surface area contributed by atoms with E-state index >= 15 is 0 Å². The normalized spacial score (nSPS) is 10.1. The van der Waals surface area contributed by atoms with Crippen LogP contribution in [0, 0.1) is 5.82 Å². The van der Waals surface area contributed by atoms with Crippen LogP contribution in [0.25, 0.3) is 10.9 Å². The maximum atomic E-state index is 13.9. The summed E-state index contributed by atoms with van der Waals surface area (Å²) in [6.07, 6.45) is 1.58. The van der Waals surface area contributed by atoms with Crippen molar-refractivity contribution in [1.29, 1.82) is 0 Å². The molecule has 0 amide bonds. The first-order valence-electron chi connectivity index (χ1n) is 6.86. The Hall–Kier alpha value is -2.02. The first kappa shape index (κ1) is 18.3. The van der Waals surface area contributed by atoms with E-state index < -0.39 is 5.82 Å². The van der Waals surface area contributed by atoms with Gasteiger partial charge in [-0.25, -0.2) is 4.39 Å². The van der Waals surface area contributed by atoms with E-state index in [0.29, 0.717) is 33.8 Å². The van der Waals surface area contributed by atoms with Crippen molar-refractivity contribution in [2.45, 2.75) is 0 Å². The molecule has 24 heavy (non-hydrogen) atoms. The monoisotopic (exact) mass is 338 g/mol. The zero-order valence-corrected chi connectivity index (χ0v) is 12.7. The van der Waals surface area contributed by atoms with E-state index in [0.717, 1.165) is 0 Å². The van der Waals surface area contributed by atoms with Crippen LogP contribution < -0.4 is 19.9 Å². The quantitative estimate of drug-likeness (QED) is 0.585. The van der Waals surface area contributed by atoms with Gasteiger partial charge in [0.2, 0.25) is 0 Å². The molecule has 120 valence electrons. The second kappa shape index (κ2) is 7.70. The third-order valence-corrected chi connectivity index (χ3v) is 3.38. The molecule has 0 fully saturated rings. The van der Waals surface area contributed by atoms with Crippen LogP contribution in [0.5, 0.6) is 23.0 Å². The number of nitrogens with two attached hydrogens (primary N) is 1. The van der Waals surface area contributed by atoms with Gasteiger partial charge in [-0.15, -0.1) is 0 Å². The number of ether oxygens (including phenoxy) is 3. The summed E-state index contributed by atoms with van der Waals surface area (Å²) in [4.78, 5) is 4.27. The van der Waals surface area contributed by atoms with E-state index in [1.54, 1.807) is 44.7 Å². The first-order chi connectivity index (χ1) is 11.1. The SMILES string of the molecule is COc1cc2nccc(Oc3ccc(N)cc3F)c2cc1OC.[NaH]. The van der Waals surface area contributed by atoms with E-state index in [-0.39, 0.29) is 35.3 Å². The van der Waals surface area contributed by atoms with Crippen LogP contribution in [0.4, 0.5) is 10.1 Å². The maximum absolute atomic E-state index is 13.9. The fourth-order valence-electron chi connectivity index (χ4n) is 2.25. The molecule has 2 aromatic carbocycles. The summed E-state index contributed by atoms with van der Waals surface area (Å²) < 4.78 is 30.2. The van der Waals surface area contributed by atoms with Crippen LogP contribution >= 0.6 is 0 Å². The Bertz CT molecular complexity index is 874. The van der Waals surface area contributed by atoms with E-state index in [4.69, 9.17) is 19.9 Å². The number of anilines is 1. The molecule has 3 aromatic rings. The van der Waals surface area contributed by atoms with Crippen molar-refractivity contribution in [3.63, 3.8) is 0 Å². The molecule has 2 N–H and O–H groups in total. The Balaban J connectivity index is 0.00000208. The predicted molar refractivity (Wildman–Crippen MR) is 92.9 cm³/mol. The molecule has 0 radical (unpaired) electrons. The fraction of sp³-hybridized carbons (Fsp3) is 0.118. The van der Waals surface area contributed by atoms with Crippen LogP contribution in [-0.4, -0.2) is 48.8 Å². The van der Waals surface area contributed by atoms with Gasteiger partial charge in [-0.05, 0) is 24.3 Å². The topological polar surface area (TPSA) is 66.6 Å². The summed E-state index contributed by atoms with van der Waals surface area (Å²) in [5.74, 6) is 1.11. The summed E-state index contributed by atoms with van der Waals surface area (Å²) in [5, 5.41) is 0.682. The van der Waals surface area contributed by atoms with Crippen molar-refractivity contribution in [1.82, 2.24) is 4.98 Å². The van der Waals surface area contributed by atoms with E-state index in [9.17, 15) is 4.39 Å². The van der Waals surface area contributed by atoms with Gasteiger partial charge in [-0.3, -0.25) is 4.98 Å². The Morgan fingerprint density at radius 1 is 0.917 bits per heavy atom. The molecule has 0 aliphatic rings. The van der Waals surface area contributed by atoms with Crippen molar-refractivity contribution in [2.24, 2.45) is 0 Å². The second-order valence-electron chi connectivity index (χ2n) is 4.83. The van der Waals surface area contributed by atoms with Crippen LogP contribution in [-0.2, 0) is 0 Å². The molecule has 0 aliphatic carbocycles. The summed E-state index contributed by atoms with van der Waals surface area (Å²) in [5.41, 5.74) is 6.53. The summed E-state index contributed by atoms with van der Waals surface area (Å²) in [6, 6.07) is 9.40. The van der Waals surface area contributed by atoms with E-state index in [2.05, 4.69) is 4.98 Å². The Kier molecular flexibility index (Phi) is 5.88. The molecule has 0 aliphatic heterocycles. The van der Waals surface area contributed by atoms with Gasteiger partial charge < -0.3 is 19.9 Å². The van der Waals surface area contributed by atoms with Crippen molar-refractivity contribution >= 4 is 46.1 Å². The number of benzene rings is 2. The second-order valence-corrected chi connectivity index (χ2v) is 4.83. The number of methoxy groups -OCH3 is 2. The standard InChI is InChI=1S/C17H15FN2O3.Na.H/c1-21-16-8-11-13(9-17(16)22-2)20-6-5-14(11)23-15-4-3-10(19)7-12(15)18;;/h3-9H,19H2,1-2H3;;. The molecule has 0 saturated carbocycles. The van der Waals surface area contributed by atoms with Gasteiger partial charge in [0.1, 0.15) is 5.75 Å². The number of aromatic nitrogens is 1. The van der Waals surface area contributed by atoms with Crippen LogP contribution in [0.2, 0.25) is 0 Å². The van der Waals surface area contributed by atoms with Crippen LogP contribution in [0.1, 0.15) is 0 Å². The van der Waals surface area contributed by atoms with Crippen LogP contribution in [0.3, 0.4) is 0 Å². The number of pyridine rings is 1. The van der Waals surface area contributed by atoms with Crippen molar-refractivity contribution in [3.8, 4) is 23.0 Å². The molecule has 3 rings (SSSR count). The molecule has 7 heteroatoms. The number of halogens is 1. The zero-order chi connectivity index (χ0) is 16.4. The average molecular weight is 338 g/mol. The molecular weight excluding hydrogens is 322 g/mol. The molecule has 0 atom stereocenters. The number of fused-ring (bicyclic) bond motifs is 1. The molecule has 0 unspecified atom stereocenters. The molecule has 5 nitrogen and oxygen atoms in total. The van der Waals surface area contributed by atoms with Gasteiger partial charge in [-0.1, -0.05) is 0 Å². The number of hydrogen-bond donors (Lipinski definition) is 1. The van der Waals surface area contributed by atoms with Gasteiger partial charge in [0.25, 0.3) is 0 Å². The minimum absolute atomic E-state index is 0. The van der Waals surface area contributed by atoms with Crippen molar-refractivity contribution in [2.75, 3.05) is 20.0 Å². The van der Waals surface area contributed by atoms with Gasteiger partial charge >= 0.3 is 29.6 Å². The molecule has 0 saturated heterocycles. The molecule has 1 aromatic heterocycles. The molecule has 1 heterocycles. The third kappa shape index (κ3) is 3.56.